The summed E-state index contributed by atoms with van der Waals surface area (Å²) in [6.07, 6.45) is 7.25. The van der Waals surface area contributed by atoms with Gasteiger partial charge in [0.15, 0.2) is 5.52 Å². The SMILES string of the molecule is CCCCCC(=O)[P-]C(C(O)PC(=O)CCCCC)[N+](C)(C)C. The van der Waals surface area contributed by atoms with Crippen LogP contribution < -0.4 is 0 Å². The molecule has 0 aromatic carbocycles. The van der Waals surface area contributed by atoms with E-state index in [9.17, 15) is 14.7 Å². The maximum absolute atomic E-state index is 12.2. The number of nitrogens with zero attached hydrogens (tertiary/aromatic N) is 1. The van der Waals surface area contributed by atoms with E-state index in [4.69, 9.17) is 0 Å². The maximum Gasteiger partial charge on any atom is 0.154 e. The third kappa shape index (κ3) is 11.3. The zero-order valence-electron chi connectivity index (χ0n) is 15.5. The first-order valence-corrected chi connectivity index (χ1v) is 10.8. The predicted molar refractivity (Wildman–Crippen MR) is 101 cm³/mol. The van der Waals surface area contributed by atoms with Crippen molar-refractivity contribution in [3.8, 4) is 0 Å². The van der Waals surface area contributed by atoms with E-state index in [0.717, 1.165) is 38.5 Å². The van der Waals surface area contributed by atoms with Crippen LogP contribution in [0, 0.1) is 0 Å². The molecular formula is C17H35NO3P2. The summed E-state index contributed by atoms with van der Waals surface area (Å²) in [4.78, 5) is 24.2. The number of carbonyl (C=O) groups is 2. The van der Waals surface area contributed by atoms with Gasteiger partial charge in [0.1, 0.15) is 5.85 Å². The lowest BCUT2D eigenvalue weighted by molar-refractivity contribution is -0.883. The van der Waals surface area contributed by atoms with Crippen molar-refractivity contribution in [2.24, 2.45) is 0 Å². The number of aliphatic hydroxyl groups is 1. The molecule has 0 fully saturated rings. The molecule has 0 aromatic rings. The van der Waals surface area contributed by atoms with Gasteiger partial charge in [-0.3, -0.25) is 4.79 Å². The van der Waals surface area contributed by atoms with Gasteiger partial charge in [0.05, 0.1) is 21.1 Å². The monoisotopic (exact) mass is 363 g/mol. The molecule has 136 valence electrons. The van der Waals surface area contributed by atoms with E-state index in [1.165, 1.54) is 0 Å². The minimum atomic E-state index is -0.721. The Balaban J connectivity index is 4.53. The Hall–Kier alpha value is 0.120. The van der Waals surface area contributed by atoms with Crippen molar-refractivity contribution in [3.63, 3.8) is 0 Å². The first-order chi connectivity index (χ1) is 10.7. The van der Waals surface area contributed by atoms with Crippen LogP contribution in [0.1, 0.15) is 65.2 Å². The molecule has 0 bridgehead atoms. The number of carbonyl (C=O) groups excluding carboxylic acids is 2. The number of quaternary nitrogens is 1. The molecule has 0 aliphatic rings. The van der Waals surface area contributed by atoms with Crippen LogP contribution >= 0.6 is 17.2 Å². The second kappa shape index (κ2) is 12.5. The summed E-state index contributed by atoms with van der Waals surface area (Å²) in [5, 5.41) is 10.5. The van der Waals surface area contributed by atoms with Gasteiger partial charge in [0, 0.05) is 6.42 Å². The Kier molecular flexibility index (Phi) is 12.5. The van der Waals surface area contributed by atoms with Gasteiger partial charge in [0.25, 0.3) is 0 Å². The first kappa shape index (κ1) is 23.1. The topological polar surface area (TPSA) is 54.4 Å². The molecular weight excluding hydrogens is 328 g/mol. The zero-order chi connectivity index (χ0) is 17.9. The number of hydrogen-bond donors (Lipinski definition) is 1. The van der Waals surface area contributed by atoms with Gasteiger partial charge < -0.3 is 23.0 Å². The molecule has 0 spiro atoms. The highest BCUT2D eigenvalue weighted by atomic mass is 31.1. The Morgan fingerprint density at radius 3 is 2.00 bits per heavy atom. The molecule has 0 rings (SSSR count). The van der Waals surface area contributed by atoms with Crippen LogP contribution in [0.3, 0.4) is 0 Å². The van der Waals surface area contributed by atoms with Gasteiger partial charge in [-0.05, 0) is 39.2 Å². The van der Waals surface area contributed by atoms with E-state index in [-0.39, 0.29) is 25.4 Å². The van der Waals surface area contributed by atoms with E-state index in [1.807, 2.05) is 21.1 Å². The summed E-state index contributed by atoms with van der Waals surface area (Å²) >= 11 is 0. The van der Waals surface area contributed by atoms with Crippen molar-refractivity contribution < 1.29 is 19.2 Å². The summed E-state index contributed by atoms with van der Waals surface area (Å²) in [7, 11) is 6.47. The number of hydrogen-bond acceptors (Lipinski definition) is 3. The van der Waals surface area contributed by atoms with Crippen LogP contribution in [0.15, 0.2) is 0 Å². The van der Waals surface area contributed by atoms with Crippen LogP contribution in [0.4, 0.5) is 0 Å². The number of rotatable bonds is 14. The van der Waals surface area contributed by atoms with Crippen molar-refractivity contribution in [1.82, 2.24) is 0 Å². The first-order valence-electron chi connectivity index (χ1n) is 8.74. The lowest BCUT2D eigenvalue weighted by Gasteiger charge is -2.45. The van der Waals surface area contributed by atoms with E-state index in [1.54, 1.807) is 0 Å². The molecule has 0 aliphatic heterocycles. The maximum atomic E-state index is 12.2. The molecule has 0 amide bonds. The Bertz CT molecular complexity index is 356. The Morgan fingerprint density at radius 2 is 1.52 bits per heavy atom. The van der Waals surface area contributed by atoms with Crippen LogP contribution in [0.25, 0.3) is 0 Å². The minimum Gasteiger partial charge on any atom is -0.396 e. The van der Waals surface area contributed by atoms with E-state index >= 15 is 0 Å². The summed E-state index contributed by atoms with van der Waals surface area (Å²) in [6, 6.07) is 0. The smallest absolute Gasteiger partial charge is 0.154 e. The third-order valence-corrected chi connectivity index (χ3v) is 6.88. The second-order valence-electron chi connectivity index (χ2n) is 6.98. The summed E-state index contributed by atoms with van der Waals surface area (Å²) < 4.78 is 0.498. The van der Waals surface area contributed by atoms with Crippen molar-refractivity contribution in [1.29, 1.82) is 0 Å². The Morgan fingerprint density at radius 1 is 1.00 bits per heavy atom. The van der Waals surface area contributed by atoms with Crippen molar-refractivity contribution in [2.45, 2.75) is 76.8 Å². The van der Waals surface area contributed by atoms with Crippen LogP contribution in [0.2, 0.25) is 0 Å². The average molecular weight is 363 g/mol. The van der Waals surface area contributed by atoms with E-state index < -0.39 is 5.85 Å². The van der Waals surface area contributed by atoms with Gasteiger partial charge in [-0.15, -0.1) is 0 Å². The molecule has 0 heterocycles. The Labute approximate surface area is 145 Å². The lowest BCUT2D eigenvalue weighted by Crippen LogP contribution is -2.48. The largest absolute Gasteiger partial charge is 0.396 e. The molecule has 3 atom stereocenters. The molecule has 6 heteroatoms. The van der Waals surface area contributed by atoms with Crippen LogP contribution in [-0.4, -0.2) is 53.4 Å². The fraction of sp³-hybridized carbons (Fsp3) is 0.882. The number of unbranched alkanes of at least 4 members (excludes halogenated alkanes) is 4. The third-order valence-electron chi connectivity index (χ3n) is 3.66. The van der Waals surface area contributed by atoms with E-state index in [0.29, 0.717) is 25.9 Å². The zero-order valence-corrected chi connectivity index (χ0v) is 17.4. The molecule has 1 N–H and O–H groups in total. The van der Waals surface area contributed by atoms with Gasteiger partial charge in [-0.2, -0.15) is 0 Å². The quantitative estimate of drug-likeness (QED) is 0.286. The molecule has 3 unspecified atom stereocenters. The molecule has 0 radical (unpaired) electrons. The summed E-state index contributed by atoms with van der Waals surface area (Å²) in [6.45, 7) is 4.23. The second-order valence-corrected chi connectivity index (χ2v) is 9.70. The molecule has 23 heavy (non-hydrogen) atoms. The lowest BCUT2D eigenvalue weighted by atomic mass is 10.2. The molecule has 0 aromatic heterocycles. The van der Waals surface area contributed by atoms with Crippen molar-refractivity contribution in [2.75, 3.05) is 21.1 Å². The number of aliphatic hydroxyl groups excluding tert-OH is 1. The van der Waals surface area contributed by atoms with Crippen LogP contribution in [-0.2, 0) is 9.59 Å². The standard InChI is InChI=1S/C17H35NO3P2/c1-6-8-10-12-14(19)22-16(18(3,4)5)17(21)23-15(20)13-11-9-7-2/h16-17,21,23H,6-13H2,1-5H3. The van der Waals surface area contributed by atoms with Gasteiger partial charge in [-0.1, -0.05) is 39.5 Å². The van der Waals surface area contributed by atoms with Crippen molar-refractivity contribution >= 4 is 28.2 Å². The summed E-state index contributed by atoms with van der Waals surface area (Å²) in [5.41, 5.74) is 0.316. The fourth-order valence-electron chi connectivity index (χ4n) is 2.25. The van der Waals surface area contributed by atoms with Crippen molar-refractivity contribution in [3.05, 3.63) is 0 Å². The average Bonchev–Trinajstić information content (AvgIpc) is 2.44. The van der Waals surface area contributed by atoms with Gasteiger partial charge in [-0.25, -0.2) is 0 Å². The van der Waals surface area contributed by atoms with E-state index in [2.05, 4.69) is 13.8 Å². The molecule has 0 saturated heterocycles. The minimum absolute atomic E-state index is 0.111. The normalized spacial score (nSPS) is 15.6. The van der Waals surface area contributed by atoms with Gasteiger partial charge >= 0.3 is 0 Å². The van der Waals surface area contributed by atoms with Gasteiger partial charge in [0.2, 0.25) is 0 Å². The van der Waals surface area contributed by atoms with Crippen LogP contribution in [0.5, 0.6) is 0 Å². The molecule has 4 nitrogen and oxygen atoms in total. The fourth-order valence-corrected chi connectivity index (χ4v) is 5.02. The predicted octanol–water partition coefficient (Wildman–Crippen LogP) is 4.18. The highest BCUT2D eigenvalue weighted by molar-refractivity contribution is 7.62. The molecule has 0 saturated carbocycles. The summed E-state index contributed by atoms with van der Waals surface area (Å²) in [5.74, 6) is -0.946. The highest BCUT2D eigenvalue weighted by Crippen LogP contribution is 2.38. The number of likely N-dealkylation sites (N-methyl/N-ethyl adjacent to an activating group) is 1. The highest BCUT2D eigenvalue weighted by Gasteiger charge is 2.26. The molecule has 0 aliphatic carbocycles.